The molecule has 0 aromatic heterocycles. The first-order valence-corrected chi connectivity index (χ1v) is 11.8. The monoisotopic (exact) mass is 393 g/mol. The average Bonchev–Trinajstić information content (AvgIpc) is 2.79. The second-order valence-electron chi connectivity index (χ2n) is 8.59. The van der Waals surface area contributed by atoms with E-state index in [-0.39, 0.29) is 6.10 Å². The summed E-state index contributed by atoms with van der Waals surface area (Å²) < 4.78 is 6.51. The largest absolute Gasteiger partial charge is 0.368 e. The minimum atomic E-state index is 0.0403. The first-order chi connectivity index (χ1) is 14.4. The van der Waals surface area contributed by atoms with Crippen LogP contribution in [0.15, 0.2) is 60.7 Å². The third kappa shape index (κ3) is 7.60. The Morgan fingerprint density at radius 1 is 0.793 bits per heavy atom. The van der Waals surface area contributed by atoms with Gasteiger partial charge < -0.3 is 9.64 Å². The van der Waals surface area contributed by atoms with Crippen LogP contribution in [0, 0.1) is 5.92 Å². The highest BCUT2D eigenvalue weighted by molar-refractivity contribution is 5.29. The third-order valence-corrected chi connectivity index (χ3v) is 6.24. The molecule has 2 aromatic carbocycles. The van der Waals surface area contributed by atoms with Crippen LogP contribution in [0.5, 0.6) is 0 Å². The number of hydrogen-bond acceptors (Lipinski definition) is 2. The van der Waals surface area contributed by atoms with E-state index in [4.69, 9.17) is 4.74 Å². The predicted molar refractivity (Wildman–Crippen MR) is 123 cm³/mol. The van der Waals surface area contributed by atoms with E-state index in [1.807, 2.05) is 0 Å². The Morgan fingerprint density at radius 3 is 1.93 bits per heavy atom. The second-order valence-corrected chi connectivity index (χ2v) is 8.59. The summed E-state index contributed by atoms with van der Waals surface area (Å²) in [5.41, 5.74) is 2.50. The molecule has 1 fully saturated rings. The lowest BCUT2D eigenvalue weighted by Gasteiger charge is -2.32. The summed E-state index contributed by atoms with van der Waals surface area (Å²) in [5.74, 6) is 0.686. The van der Waals surface area contributed by atoms with Gasteiger partial charge in [-0.1, -0.05) is 99.7 Å². The van der Waals surface area contributed by atoms with Gasteiger partial charge in [0, 0.05) is 0 Å². The van der Waals surface area contributed by atoms with Gasteiger partial charge in [0.05, 0.1) is 6.61 Å². The van der Waals surface area contributed by atoms with E-state index < -0.39 is 0 Å². The van der Waals surface area contributed by atoms with Gasteiger partial charge in [0.2, 0.25) is 0 Å². The topological polar surface area (TPSA) is 12.5 Å². The number of benzene rings is 2. The summed E-state index contributed by atoms with van der Waals surface area (Å²) in [4.78, 5) is 2.67. The van der Waals surface area contributed by atoms with Crippen molar-refractivity contribution in [1.82, 2.24) is 4.90 Å². The second kappa shape index (κ2) is 12.8. The molecule has 29 heavy (non-hydrogen) atoms. The van der Waals surface area contributed by atoms with Crippen LogP contribution in [0.3, 0.4) is 0 Å². The molecule has 0 saturated carbocycles. The van der Waals surface area contributed by atoms with Gasteiger partial charge in [0.15, 0.2) is 0 Å². The average molecular weight is 394 g/mol. The number of rotatable bonds is 12. The van der Waals surface area contributed by atoms with Gasteiger partial charge in [-0.15, -0.1) is 0 Å². The fourth-order valence-electron chi connectivity index (χ4n) is 4.37. The van der Waals surface area contributed by atoms with E-state index in [2.05, 4.69) is 72.5 Å². The zero-order valence-electron chi connectivity index (χ0n) is 18.3. The molecule has 1 aliphatic heterocycles. The molecule has 1 heterocycles. The summed E-state index contributed by atoms with van der Waals surface area (Å²) in [5, 5.41) is 0. The number of piperidine rings is 1. The van der Waals surface area contributed by atoms with Crippen molar-refractivity contribution in [3.63, 3.8) is 0 Å². The Bertz CT molecular complexity index is 609. The van der Waals surface area contributed by atoms with Gasteiger partial charge in [-0.05, 0) is 55.9 Å². The van der Waals surface area contributed by atoms with Crippen molar-refractivity contribution in [2.45, 2.75) is 64.4 Å². The molecule has 3 rings (SSSR count). The van der Waals surface area contributed by atoms with Crippen LogP contribution in [0.2, 0.25) is 0 Å². The number of nitrogens with zero attached hydrogens (tertiary/aromatic N) is 1. The Morgan fingerprint density at radius 2 is 1.34 bits per heavy atom. The first-order valence-electron chi connectivity index (χ1n) is 11.8. The molecular formula is C27H39NO. The van der Waals surface area contributed by atoms with Crippen molar-refractivity contribution in [3.05, 3.63) is 71.8 Å². The smallest absolute Gasteiger partial charge is 0.108 e. The van der Waals surface area contributed by atoms with Crippen molar-refractivity contribution in [1.29, 1.82) is 0 Å². The maximum absolute atomic E-state index is 6.51. The lowest BCUT2D eigenvalue weighted by molar-refractivity contribution is 0.0308. The van der Waals surface area contributed by atoms with Crippen molar-refractivity contribution in [3.8, 4) is 0 Å². The van der Waals surface area contributed by atoms with E-state index in [1.54, 1.807) is 0 Å². The summed E-state index contributed by atoms with van der Waals surface area (Å²) in [6.07, 6.45) is 10.9. The standard InChI is InChI=1S/C27H39NO/c1-2-3-4-5-6-13-20-28-21-18-24(19-22-28)23-29-27(25-14-9-7-10-15-25)26-16-11-8-12-17-26/h7-12,14-17,24,27H,2-6,13,18-23H2,1H3. The van der Waals surface area contributed by atoms with E-state index in [1.165, 1.54) is 82.1 Å². The number of hydrogen-bond donors (Lipinski definition) is 0. The van der Waals surface area contributed by atoms with Crippen LogP contribution < -0.4 is 0 Å². The van der Waals surface area contributed by atoms with Crippen molar-refractivity contribution in [2.24, 2.45) is 5.92 Å². The fraction of sp³-hybridized carbons (Fsp3) is 0.556. The Kier molecular flexibility index (Phi) is 9.75. The fourth-order valence-corrected chi connectivity index (χ4v) is 4.37. The number of ether oxygens (including phenoxy) is 1. The molecule has 0 bridgehead atoms. The van der Waals surface area contributed by atoms with Gasteiger partial charge >= 0.3 is 0 Å². The Hall–Kier alpha value is -1.64. The van der Waals surface area contributed by atoms with E-state index in [9.17, 15) is 0 Å². The molecule has 2 heteroatoms. The summed E-state index contributed by atoms with van der Waals surface area (Å²) in [7, 11) is 0. The molecule has 0 atom stereocenters. The van der Waals surface area contributed by atoms with Gasteiger partial charge in [-0.2, -0.15) is 0 Å². The molecule has 0 N–H and O–H groups in total. The highest BCUT2D eigenvalue weighted by Gasteiger charge is 2.22. The molecule has 2 aromatic rings. The molecule has 1 saturated heterocycles. The maximum Gasteiger partial charge on any atom is 0.108 e. The minimum absolute atomic E-state index is 0.0403. The predicted octanol–water partition coefficient (Wildman–Crippen LogP) is 6.87. The Labute approximate surface area is 178 Å². The van der Waals surface area contributed by atoms with Crippen molar-refractivity contribution >= 4 is 0 Å². The highest BCUT2D eigenvalue weighted by atomic mass is 16.5. The van der Waals surface area contributed by atoms with E-state index >= 15 is 0 Å². The molecule has 1 aliphatic rings. The van der Waals surface area contributed by atoms with Gasteiger partial charge in [0.25, 0.3) is 0 Å². The summed E-state index contributed by atoms with van der Waals surface area (Å²) >= 11 is 0. The Balaban J connectivity index is 1.41. The van der Waals surface area contributed by atoms with Crippen LogP contribution in [-0.2, 0) is 4.74 Å². The zero-order valence-corrected chi connectivity index (χ0v) is 18.3. The van der Waals surface area contributed by atoms with Crippen LogP contribution in [0.1, 0.15) is 75.5 Å². The lowest BCUT2D eigenvalue weighted by Crippen LogP contribution is -2.35. The summed E-state index contributed by atoms with van der Waals surface area (Å²) in [6.45, 7) is 6.92. The van der Waals surface area contributed by atoms with Gasteiger partial charge in [0.1, 0.15) is 6.10 Å². The SMILES string of the molecule is CCCCCCCCN1CCC(COC(c2ccccc2)c2ccccc2)CC1. The van der Waals surface area contributed by atoms with Crippen molar-refractivity contribution in [2.75, 3.05) is 26.2 Å². The zero-order chi connectivity index (χ0) is 20.2. The molecule has 0 amide bonds. The van der Waals surface area contributed by atoms with Crippen LogP contribution in [0.25, 0.3) is 0 Å². The van der Waals surface area contributed by atoms with Crippen LogP contribution in [-0.4, -0.2) is 31.1 Å². The third-order valence-electron chi connectivity index (χ3n) is 6.24. The summed E-state index contributed by atoms with van der Waals surface area (Å²) in [6, 6.07) is 21.3. The van der Waals surface area contributed by atoms with E-state index in [0.717, 1.165) is 6.61 Å². The first kappa shape index (κ1) is 22.1. The lowest BCUT2D eigenvalue weighted by atomic mass is 9.96. The molecule has 0 aliphatic carbocycles. The quantitative estimate of drug-likeness (QED) is 0.365. The maximum atomic E-state index is 6.51. The number of likely N-dealkylation sites (tertiary alicyclic amines) is 1. The molecule has 0 spiro atoms. The molecule has 158 valence electrons. The van der Waals surface area contributed by atoms with Crippen molar-refractivity contribution < 1.29 is 4.74 Å². The van der Waals surface area contributed by atoms with Gasteiger partial charge in [-0.3, -0.25) is 0 Å². The molecule has 0 unspecified atom stereocenters. The minimum Gasteiger partial charge on any atom is -0.368 e. The van der Waals surface area contributed by atoms with E-state index in [0.29, 0.717) is 5.92 Å². The van der Waals surface area contributed by atoms with Crippen LogP contribution in [0.4, 0.5) is 0 Å². The van der Waals surface area contributed by atoms with Gasteiger partial charge in [-0.25, -0.2) is 0 Å². The number of unbranched alkanes of at least 4 members (excludes halogenated alkanes) is 5. The van der Waals surface area contributed by atoms with Crippen LogP contribution >= 0.6 is 0 Å². The highest BCUT2D eigenvalue weighted by Crippen LogP contribution is 2.28. The molecular weight excluding hydrogens is 354 g/mol. The molecule has 2 nitrogen and oxygen atoms in total. The molecule has 0 radical (unpaired) electrons. The normalized spacial score (nSPS) is 15.8.